The lowest BCUT2D eigenvalue weighted by molar-refractivity contribution is -0.125. The van der Waals surface area contributed by atoms with E-state index in [0.717, 1.165) is 38.5 Å². The van der Waals surface area contributed by atoms with Crippen LogP contribution in [0.1, 0.15) is 92.9 Å². The van der Waals surface area contributed by atoms with E-state index in [1.165, 1.54) is 23.6 Å². The highest BCUT2D eigenvalue weighted by Crippen LogP contribution is 2.66. The largest absolute Gasteiger partial charge is 0.392 e. The average molecular weight is 453 g/mol. The molecule has 0 saturated heterocycles. The molecular formula is C28H43F3O. The van der Waals surface area contributed by atoms with Crippen molar-refractivity contribution in [2.45, 2.75) is 105 Å². The van der Waals surface area contributed by atoms with Crippen LogP contribution in [0.25, 0.3) is 0 Å². The van der Waals surface area contributed by atoms with Crippen LogP contribution in [0.15, 0.2) is 35.5 Å². The molecule has 0 spiro atoms. The second kappa shape index (κ2) is 8.96. The molecule has 4 aliphatic carbocycles. The molecule has 0 aromatic heterocycles. The van der Waals surface area contributed by atoms with E-state index in [9.17, 15) is 18.3 Å². The molecule has 2 fully saturated rings. The summed E-state index contributed by atoms with van der Waals surface area (Å²) >= 11 is 0. The minimum atomic E-state index is -4.13. The quantitative estimate of drug-likeness (QED) is 0.426. The van der Waals surface area contributed by atoms with Crippen LogP contribution in [0.3, 0.4) is 0 Å². The Bertz CT molecular complexity index is 774. The Morgan fingerprint density at radius 1 is 1.03 bits per heavy atom. The Morgan fingerprint density at radius 2 is 1.72 bits per heavy atom. The number of hydrogen-bond donors (Lipinski definition) is 1. The first-order valence-electron chi connectivity index (χ1n) is 12.7. The van der Waals surface area contributed by atoms with Gasteiger partial charge in [0.1, 0.15) is 0 Å². The molecule has 0 aromatic carbocycles. The number of allylic oxidation sites excluding steroid dienone is 5. The number of fused-ring (bicyclic) bond motifs is 5. The van der Waals surface area contributed by atoms with Crippen LogP contribution >= 0.6 is 0 Å². The summed E-state index contributed by atoms with van der Waals surface area (Å²) in [7, 11) is 0. The minimum absolute atomic E-state index is 0.0638. The Hall–Kier alpha value is -1.03. The van der Waals surface area contributed by atoms with E-state index in [1.807, 2.05) is 20.8 Å². The maximum Gasteiger partial charge on any atom is 0.392 e. The van der Waals surface area contributed by atoms with Crippen LogP contribution in [0.4, 0.5) is 13.2 Å². The summed E-state index contributed by atoms with van der Waals surface area (Å²) < 4.78 is 37.6. The summed E-state index contributed by atoms with van der Waals surface area (Å²) in [5.41, 5.74) is 2.56. The van der Waals surface area contributed by atoms with Gasteiger partial charge in [-0.3, -0.25) is 0 Å². The molecule has 0 heterocycles. The van der Waals surface area contributed by atoms with Gasteiger partial charge in [-0.25, -0.2) is 0 Å². The fourth-order valence-corrected chi connectivity index (χ4v) is 7.62. The van der Waals surface area contributed by atoms with Crippen LogP contribution in [-0.4, -0.2) is 16.9 Å². The zero-order valence-electron chi connectivity index (χ0n) is 20.9. The van der Waals surface area contributed by atoms with Gasteiger partial charge in [0.25, 0.3) is 0 Å². The molecule has 0 aliphatic heterocycles. The molecule has 4 heteroatoms. The molecule has 2 saturated carbocycles. The van der Waals surface area contributed by atoms with Gasteiger partial charge in [-0.2, -0.15) is 13.2 Å². The predicted octanol–water partition coefficient (Wildman–Crippen LogP) is 8.41. The number of rotatable bonds is 3. The maximum atomic E-state index is 12.5. The van der Waals surface area contributed by atoms with Crippen LogP contribution in [0, 0.1) is 34.5 Å². The molecule has 4 aliphatic rings. The van der Waals surface area contributed by atoms with Gasteiger partial charge >= 0.3 is 6.18 Å². The fourth-order valence-electron chi connectivity index (χ4n) is 7.62. The average Bonchev–Trinajstić information content (AvgIpc) is 3.06. The van der Waals surface area contributed by atoms with Crippen molar-refractivity contribution in [3.63, 3.8) is 0 Å². The minimum Gasteiger partial charge on any atom is -0.390 e. The van der Waals surface area contributed by atoms with Gasteiger partial charge in [0, 0.05) is 0 Å². The van der Waals surface area contributed by atoms with E-state index in [2.05, 4.69) is 32.9 Å². The van der Waals surface area contributed by atoms with Gasteiger partial charge in [0.05, 0.1) is 12.0 Å². The predicted molar refractivity (Wildman–Crippen MR) is 126 cm³/mol. The van der Waals surface area contributed by atoms with Gasteiger partial charge in [-0.15, -0.1) is 0 Å². The van der Waals surface area contributed by atoms with Crippen molar-refractivity contribution in [2.75, 3.05) is 0 Å². The summed E-state index contributed by atoms with van der Waals surface area (Å²) in [6.45, 7) is 12.8. The van der Waals surface area contributed by atoms with Crippen LogP contribution in [-0.2, 0) is 0 Å². The van der Waals surface area contributed by atoms with Gasteiger partial charge in [0.2, 0.25) is 0 Å². The molecule has 0 radical (unpaired) electrons. The Kier molecular flexibility index (Phi) is 7.17. The molecule has 32 heavy (non-hydrogen) atoms. The standard InChI is InChI=1S/C26H37F3O.C2H6/c1-17(6-5-12-26(27,28)29)20-9-10-21-19-8-7-18-16-23(2,30)14-15-24(18,3)22(19)11-13-25(20,21)4;1-2/h5-7,9,17,19,21-22,30H,8,10-16H2,1-4H3;1-2H3/b6-5+;/t17-,19+,21?,22?,23+,24+,25-;/m1./s1. The first kappa shape index (κ1) is 25.6. The number of halogens is 3. The van der Waals surface area contributed by atoms with Crippen molar-refractivity contribution in [1.29, 1.82) is 0 Å². The fraction of sp³-hybridized carbons (Fsp3) is 0.786. The zero-order chi connectivity index (χ0) is 23.9. The summed E-state index contributed by atoms with van der Waals surface area (Å²) in [5, 5.41) is 10.6. The zero-order valence-corrected chi connectivity index (χ0v) is 20.9. The molecule has 0 amide bonds. The molecule has 4 rings (SSSR count). The number of alkyl halides is 3. The van der Waals surface area contributed by atoms with E-state index in [-0.39, 0.29) is 16.7 Å². The second-order valence-electron chi connectivity index (χ2n) is 11.3. The van der Waals surface area contributed by atoms with Crippen molar-refractivity contribution in [1.82, 2.24) is 0 Å². The van der Waals surface area contributed by atoms with Gasteiger partial charge in [-0.1, -0.05) is 70.1 Å². The molecule has 7 atom stereocenters. The molecule has 1 nitrogen and oxygen atoms in total. The maximum absolute atomic E-state index is 12.5. The Labute approximate surface area is 193 Å². The highest BCUT2D eigenvalue weighted by molar-refractivity contribution is 5.33. The summed E-state index contributed by atoms with van der Waals surface area (Å²) in [6.07, 6.45) is 10.1. The van der Waals surface area contributed by atoms with Crippen molar-refractivity contribution < 1.29 is 18.3 Å². The van der Waals surface area contributed by atoms with E-state index in [1.54, 1.807) is 6.08 Å². The first-order valence-corrected chi connectivity index (χ1v) is 12.7. The van der Waals surface area contributed by atoms with Gasteiger partial charge in [-0.05, 0) is 86.4 Å². The van der Waals surface area contributed by atoms with Gasteiger partial charge in [0.15, 0.2) is 0 Å². The molecule has 1 N–H and O–H groups in total. The third kappa shape index (κ3) is 4.63. The summed E-state index contributed by atoms with van der Waals surface area (Å²) in [4.78, 5) is 0. The van der Waals surface area contributed by atoms with Crippen molar-refractivity contribution in [3.05, 3.63) is 35.5 Å². The number of aliphatic hydroxyl groups is 1. The second-order valence-corrected chi connectivity index (χ2v) is 11.3. The summed E-state index contributed by atoms with van der Waals surface area (Å²) in [5.74, 6) is 1.95. The molecule has 2 unspecified atom stereocenters. The van der Waals surface area contributed by atoms with Crippen LogP contribution < -0.4 is 0 Å². The van der Waals surface area contributed by atoms with Crippen molar-refractivity contribution in [2.24, 2.45) is 34.5 Å². The monoisotopic (exact) mass is 452 g/mol. The van der Waals surface area contributed by atoms with E-state index in [0.29, 0.717) is 17.8 Å². The van der Waals surface area contributed by atoms with E-state index >= 15 is 0 Å². The molecule has 0 aromatic rings. The topological polar surface area (TPSA) is 20.2 Å². The highest BCUT2D eigenvalue weighted by atomic mass is 19.4. The molecule has 0 bridgehead atoms. The number of hydrogen-bond acceptors (Lipinski definition) is 1. The SMILES string of the molecule is CC.C[C@H](/C=C/CC(F)(F)F)C1=CCC2[C@@H]3CC=C4C[C@@](C)(O)CC[C@]4(C)C3CC[C@]12C. The third-order valence-electron chi connectivity index (χ3n) is 9.29. The first-order chi connectivity index (χ1) is 14.9. The smallest absolute Gasteiger partial charge is 0.390 e. The van der Waals surface area contributed by atoms with Crippen molar-refractivity contribution >= 4 is 0 Å². The lowest BCUT2D eigenvalue weighted by Crippen LogP contribution is -2.51. The van der Waals surface area contributed by atoms with Crippen LogP contribution in [0.2, 0.25) is 0 Å². The Morgan fingerprint density at radius 3 is 2.38 bits per heavy atom. The molecular weight excluding hydrogens is 409 g/mol. The lowest BCUT2D eigenvalue weighted by atomic mass is 9.46. The Balaban J connectivity index is 0.00000141. The van der Waals surface area contributed by atoms with E-state index < -0.39 is 18.2 Å². The van der Waals surface area contributed by atoms with E-state index in [4.69, 9.17) is 0 Å². The lowest BCUT2D eigenvalue weighted by Gasteiger charge is -2.58. The molecule has 182 valence electrons. The normalized spacial score (nSPS) is 42.1. The third-order valence-corrected chi connectivity index (χ3v) is 9.29. The highest BCUT2D eigenvalue weighted by Gasteiger charge is 2.57. The van der Waals surface area contributed by atoms with Crippen molar-refractivity contribution in [3.8, 4) is 0 Å². The van der Waals surface area contributed by atoms with Crippen LogP contribution in [0.5, 0.6) is 0 Å². The van der Waals surface area contributed by atoms with Gasteiger partial charge < -0.3 is 5.11 Å². The summed E-state index contributed by atoms with van der Waals surface area (Å²) in [6, 6.07) is 0.